The van der Waals surface area contributed by atoms with Crippen molar-refractivity contribution in [3.05, 3.63) is 59.2 Å². The Balaban J connectivity index is 1.99. The SMILES string of the molecule is CCC(CC1=C2c3ccccc3S(=O)(=O)C2c2ccc(OC)cc21)N(C)C. The fraction of sp³-hybridized carbons (Fsp3) is 0.364. The van der Waals surface area contributed by atoms with E-state index < -0.39 is 15.1 Å². The third kappa shape index (κ3) is 2.64. The molecule has 2 aliphatic rings. The van der Waals surface area contributed by atoms with Gasteiger partial charge in [0.15, 0.2) is 9.84 Å². The second-order valence-electron chi connectivity index (χ2n) is 7.50. The molecule has 5 heteroatoms. The van der Waals surface area contributed by atoms with E-state index in [0.29, 0.717) is 10.9 Å². The predicted octanol–water partition coefficient (Wildman–Crippen LogP) is 4.18. The fourth-order valence-electron chi connectivity index (χ4n) is 4.45. The molecule has 2 unspecified atom stereocenters. The Morgan fingerprint density at radius 3 is 2.52 bits per heavy atom. The first-order valence-electron chi connectivity index (χ1n) is 9.31. The lowest BCUT2D eigenvalue weighted by molar-refractivity contribution is 0.290. The minimum absolute atomic E-state index is 0.348. The standard InChI is InChI=1S/C22H25NO3S/c1-5-14(23(2)3)12-19-18-13-15(26-4)10-11-16(18)22-21(19)17-8-6-7-9-20(17)27(22,24)25/h6-11,13-14,22H,5,12H2,1-4H3. The van der Waals surface area contributed by atoms with Gasteiger partial charge in [0.1, 0.15) is 11.0 Å². The normalized spacial score (nSPS) is 20.4. The van der Waals surface area contributed by atoms with Crippen LogP contribution in [0.1, 0.15) is 41.7 Å². The summed E-state index contributed by atoms with van der Waals surface area (Å²) in [4.78, 5) is 2.68. The summed E-state index contributed by atoms with van der Waals surface area (Å²) < 4.78 is 32.1. The largest absolute Gasteiger partial charge is 0.497 e. The summed E-state index contributed by atoms with van der Waals surface area (Å²) in [7, 11) is 2.38. The molecule has 0 spiro atoms. The molecule has 4 nitrogen and oxygen atoms in total. The van der Waals surface area contributed by atoms with Gasteiger partial charge in [0.2, 0.25) is 0 Å². The Kier molecular flexibility index (Phi) is 4.40. The number of hydrogen-bond acceptors (Lipinski definition) is 4. The van der Waals surface area contributed by atoms with E-state index in [2.05, 4.69) is 25.9 Å². The van der Waals surface area contributed by atoms with Gasteiger partial charge in [0, 0.05) is 6.04 Å². The van der Waals surface area contributed by atoms with Crippen molar-refractivity contribution in [1.29, 1.82) is 0 Å². The van der Waals surface area contributed by atoms with Crippen LogP contribution in [0, 0.1) is 0 Å². The third-order valence-corrected chi connectivity index (χ3v) is 7.97. The van der Waals surface area contributed by atoms with E-state index in [9.17, 15) is 8.42 Å². The quantitative estimate of drug-likeness (QED) is 0.777. The number of ether oxygens (including phenoxy) is 1. The number of hydrogen-bond donors (Lipinski definition) is 0. The van der Waals surface area contributed by atoms with E-state index in [4.69, 9.17) is 4.74 Å². The van der Waals surface area contributed by atoms with E-state index in [1.807, 2.05) is 30.3 Å². The maximum atomic E-state index is 13.3. The second kappa shape index (κ2) is 6.50. The maximum absolute atomic E-state index is 13.3. The molecule has 0 fully saturated rings. The lowest BCUT2D eigenvalue weighted by Crippen LogP contribution is -2.27. The molecule has 1 heterocycles. The maximum Gasteiger partial charge on any atom is 0.190 e. The van der Waals surface area contributed by atoms with E-state index >= 15 is 0 Å². The van der Waals surface area contributed by atoms with Crippen molar-refractivity contribution in [3.8, 4) is 5.75 Å². The molecule has 0 saturated carbocycles. The zero-order chi connectivity index (χ0) is 19.3. The molecule has 0 saturated heterocycles. The lowest BCUT2D eigenvalue weighted by atomic mass is 9.93. The van der Waals surface area contributed by atoms with Crippen molar-refractivity contribution in [1.82, 2.24) is 4.90 Å². The monoisotopic (exact) mass is 383 g/mol. The van der Waals surface area contributed by atoms with Crippen molar-refractivity contribution >= 4 is 21.0 Å². The molecule has 27 heavy (non-hydrogen) atoms. The molecular formula is C22H25NO3S. The number of rotatable bonds is 5. The Hall–Kier alpha value is -2.11. The predicted molar refractivity (Wildman–Crippen MR) is 109 cm³/mol. The van der Waals surface area contributed by atoms with Crippen LogP contribution >= 0.6 is 0 Å². The summed E-state index contributed by atoms with van der Waals surface area (Å²) in [5.41, 5.74) is 4.87. The first-order valence-corrected chi connectivity index (χ1v) is 10.9. The summed E-state index contributed by atoms with van der Waals surface area (Å²) in [6.07, 6.45) is 1.82. The Bertz CT molecular complexity index is 1040. The molecule has 1 aliphatic carbocycles. The van der Waals surface area contributed by atoms with Crippen LogP contribution in [0.15, 0.2) is 47.4 Å². The van der Waals surface area contributed by atoms with Crippen LogP contribution in [0.4, 0.5) is 0 Å². The second-order valence-corrected chi connectivity index (χ2v) is 9.50. The van der Waals surface area contributed by atoms with E-state index in [1.165, 1.54) is 0 Å². The van der Waals surface area contributed by atoms with Crippen LogP contribution < -0.4 is 4.74 Å². The van der Waals surface area contributed by atoms with Gasteiger partial charge in [0.25, 0.3) is 0 Å². The van der Waals surface area contributed by atoms with Crippen molar-refractivity contribution < 1.29 is 13.2 Å². The molecule has 2 atom stereocenters. The van der Waals surface area contributed by atoms with E-state index in [1.54, 1.807) is 19.2 Å². The Labute approximate surface area is 161 Å². The molecule has 0 radical (unpaired) electrons. The molecule has 1 aliphatic heterocycles. The lowest BCUT2D eigenvalue weighted by Gasteiger charge is -2.24. The average molecular weight is 384 g/mol. The van der Waals surface area contributed by atoms with Gasteiger partial charge in [-0.2, -0.15) is 0 Å². The van der Waals surface area contributed by atoms with Crippen LogP contribution in [0.5, 0.6) is 5.75 Å². The van der Waals surface area contributed by atoms with E-state index in [0.717, 1.165) is 46.4 Å². The van der Waals surface area contributed by atoms with Crippen LogP contribution in [-0.4, -0.2) is 40.6 Å². The summed E-state index contributed by atoms with van der Waals surface area (Å²) in [5, 5.41) is -0.592. The minimum atomic E-state index is -3.42. The molecule has 2 aromatic rings. The molecule has 142 valence electrons. The first kappa shape index (κ1) is 18.3. The van der Waals surface area contributed by atoms with Crippen LogP contribution in [-0.2, 0) is 9.84 Å². The highest BCUT2D eigenvalue weighted by atomic mass is 32.2. The summed E-state index contributed by atoms with van der Waals surface area (Å²) >= 11 is 0. The number of fused-ring (bicyclic) bond motifs is 5. The molecule has 4 rings (SSSR count). The van der Waals surface area contributed by atoms with Crippen LogP contribution in [0.3, 0.4) is 0 Å². The number of benzene rings is 2. The van der Waals surface area contributed by atoms with Gasteiger partial charge in [0.05, 0.1) is 12.0 Å². The average Bonchev–Trinajstić information content (AvgIpc) is 3.10. The third-order valence-electron chi connectivity index (χ3n) is 5.89. The molecule has 2 aromatic carbocycles. The highest BCUT2D eigenvalue weighted by Gasteiger charge is 2.48. The van der Waals surface area contributed by atoms with Crippen molar-refractivity contribution in [3.63, 3.8) is 0 Å². The van der Waals surface area contributed by atoms with Gasteiger partial charge in [-0.3, -0.25) is 0 Å². The smallest absolute Gasteiger partial charge is 0.190 e. The molecule has 0 amide bonds. The summed E-state index contributed by atoms with van der Waals surface area (Å²) in [6.45, 7) is 2.17. The first-order chi connectivity index (χ1) is 12.9. The van der Waals surface area contributed by atoms with Gasteiger partial charge >= 0.3 is 0 Å². The van der Waals surface area contributed by atoms with Gasteiger partial charge < -0.3 is 9.64 Å². The van der Waals surface area contributed by atoms with Crippen molar-refractivity contribution in [2.45, 2.75) is 36.0 Å². The van der Waals surface area contributed by atoms with Crippen molar-refractivity contribution in [2.75, 3.05) is 21.2 Å². The Morgan fingerprint density at radius 1 is 1.11 bits per heavy atom. The van der Waals surface area contributed by atoms with Crippen molar-refractivity contribution in [2.24, 2.45) is 0 Å². The Morgan fingerprint density at radius 2 is 1.85 bits per heavy atom. The summed E-state index contributed by atoms with van der Waals surface area (Å²) in [6, 6.07) is 13.5. The van der Waals surface area contributed by atoms with Gasteiger partial charge in [-0.25, -0.2) is 8.42 Å². The topological polar surface area (TPSA) is 46.6 Å². The van der Waals surface area contributed by atoms with E-state index in [-0.39, 0.29) is 0 Å². The van der Waals surface area contributed by atoms with Crippen LogP contribution in [0.2, 0.25) is 0 Å². The fourth-order valence-corrected chi connectivity index (χ4v) is 6.58. The molecule has 0 N–H and O–H groups in total. The van der Waals surface area contributed by atoms with Crippen LogP contribution in [0.25, 0.3) is 11.1 Å². The van der Waals surface area contributed by atoms with Gasteiger partial charge in [-0.05, 0) is 73.0 Å². The highest BCUT2D eigenvalue weighted by Crippen LogP contribution is 2.58. The molecule has 0 bridgehead atoms. The highest BCUT2D eigenvalue weighted by molar-refractivity contribution is 7.92. The number of sulfone groups is 1. The molecular weight excluding hydrogens is 358 g/mol. The zero-order valence-electron chi connectivity index (χ0n) is 16.2. The zero-order valence-corrected chi connectivity index (χ0v) is 17.0. The van der Waals surface area contributed by atoms with Gasteiger partial charge in [-0.1, -0.05) is 31.2 Å². The molecule has 0 aromatic heterocycles. The number of methoxy groups -OCH3 is 1. The minimum Gasteiger partial charge on any atom is -0.497 e. The van der Waals surface area contributed by atoms with Gasteiger partial charge in [-0.15, -0.1) is 0 Å². The summed E-state index contributed by atoms with van der Waals surface area (Å²) in [5.74, 6) is 0.760. The number of nitrogens with zero attached hydrogens (tertiary/aromatic N) is 1.